The first-order valence-electron chi connectivity index (χ1n) is 5.17. The summed E-state index contributed by atoms with van der Waals surface area (Å²) in [6, 6.07) is 1.97. The fourth-order valence-electron chi connectivity index (χ4n) is 1.99. The highest BCUT2D eigenvalue weighted by Crippen LogP contribution is 2.20. The van der Waals surface area contributed by atoms with E-state index in [0.29, 0.717) is 10.8 Å². The van der Waals surface area contributed by atoms with E-state index in [4.69, 9.17) is 12.2 Å². The second kappa shape index (κ2) is 4.28. The van der Waals surface area contributed by atoms with E-state index in [-0.39, 0.29) is 5.56 Å². The third-order valence-corrected chi connectivity index (χ3v) is 3.25. The van der Waals surface area contributed by atoms with E-state index in [2.05, 4.69) is 16.9 Å². The quantitative estimate of drug-likeness (QED) is 0.729. The molecule has 0 bridgehead atoms. The molecular weight excluding hydrogens is 210 g/mol. The fraction of sp³-hybridized carbons (Fsp3) is 0.600. The lowest BCUT2D eigenvalue weighted by molar-refractivity contribution is 0.219. The van der Waals surface area contributed by atoms with Crippen molar-refractivity contribution in [3.63, 3.8) is 0 Å². The summed E-state index contributed by atoms with van der Waals surface area (Å²) in [7, 11) is 2.13. The molecule has 5 heteroatoms. The van der Waals surface area contributed by atoms with Gasteiger partial charge in [-0.05, 0) is 45.2 Å². The third-order valence-electron chi connectivity index (χ3n) is 2.93. The molecule has 0 unspecified atom stereocenters. The van der Waals surface area contributed by atoms with E-state index in [1.54, 1.807) is 6.20 Å². The number of hydrogen-bond donors (Lipinski definition) is 1. The number of aromatic nitrogens is 2. The highest BCUT2D eigenvalue weighted by atomic mass is 32.1. The van der Waals surface area contributed by atoms with Gasteiger partial charge in [-0.2, -0.15) is 0 Å². The van der Waals surface area contributed by atoms with E-state index >= 15 is 0 Å². The van der Waals surface area contributed by atoms with Crippen molar-refractivity contribution in [2.24, 2.45) is 0 Å². The number of hydrogen-bond acceptors (Lipinski definition) is 3. The Morgan fingerprint density at radius 1 is 1.47 bits per heavy atom. The molecule has 2 rings (SSSR count). The maximum Gasteiger partial charge on any atom is 0.251 e. The van der Waals surface area contributed by atoms with Crippen LogP contribution in [0, 0.1) is 4.77 Å². The molecule has 0 atom stereocenters. The Morgan fingerprint density at radius 3 is 2.73 bits per heavy atom. The van der Waals surface area contributed by atoms with E-state index in [1.165, 1.54) is 6.07 Å². The molecule has 15 heavy (non-hydrogen) atoms. The molecule has 0 amide bonds. The van der Waals surface area contributed by atoms with Crippen LogP contribution < -0.4 is 5.56 Å². The summed E-state index contributed by atoms with van der Waals surface area (Å²) in [5.41, 5.74) is -0.121. The van der Waals surface area contributed by atoms with Crippen molar-refractivity contribution in [2.75, 3.05) is 20.1 Å². The predicted octanol–water partition coefficient (Wildman–Crippen LogP) is 1.17. The summed E-state index contributed by atoms with van der Waals surface area (Å²) >= 11 is 5.14. The zero-order valence-electron chi connectivity index (χ0n) is 8.77. The zero-order chi connectivity index (χ0) is 10.8. The highest BCUT2D eigenvalue weighted by Gasteiger charge is 2.17. The molecule has 0 spiro atoms. The highest BCUT2D eigenvalue weighted by molar-refractivity contribution is 7.71. The van der Waals surface area contributed by atoms with Gasteiger partial charge in [0, 0.05) is 18.3 Å². The Kier molecular flexibility index (Phi) is 3.02. The maximum atomic E-state index is 11.0. The van der Waals surface area contributed by atoms with E-state index in [9.17, 15) is 4.79 Å². The minimum absolute atomic E-state index is 0.121. The lowest BCUT2D eigenvalue weighted by Crippen LogP contribution is -2.32. The first kappa shape index (κ1) is 10.6. The molecular formula is C10H15N3OS. The summed E-state index contributed by atoms with van der Waals surface area (Å²) in [4.78, 5) is 16.0. The van der Waals surface area contributed by atoms with E-state index < -0.39 is 0 Å². The molecule has 1 fully saturated rings. The zero-order valence-corrected chi connectivity index (χ0v) is 9.59. The van der Waals surface area contributed by atoms with Gasteiger partial charge in [-0.25, -0.2) is 0 Å². The number of piperidine rings is 1. The predicted molar refractivity (Wildman–Crippen MR) is 61.7 cm³/mol. The van der Waals surface area contributed by atoms with Gasteiger partial charge in [-0.15, -0.1) is 0 Å². The average molecular weight is 225 g/mol. The smallest absolute Gasteiger partial charge is 0.251 e. The maximum absolute atomic E-state index is 11.0. The van der Waals surface area contributed by atoms with Crippen LogP contribution in [-0.4, -0.2) is 34.6 Å². The number of likely N-dealkylation sites (tertiary alicyclic amines) is 1. The van der Waals surface area contributed by atoms with Gasteiger partial charge < -0.3 is 9.47 Å². The molecule has 1 saturated heterocycles. The lowest BCUT2D eigenvalue weighted by atomic mass is 10.1. The van der Waals surface area contributed by atoms with Crippen LogP contribution in [0.15, 0.2) is 17.1 Å². The van der Waals surface area contributed by atoms with Crippen LogP contribution in [0.5, 0.6) is 0 Å². The average Bonchev–Trinajstić information content (AvgIpc) is 2.20. The Bertz CT molecular complexity index is 442. The molecule has 2 heterocycles. The molecule has 1 aromatic rings. The molecule has 82 valence electrons. The minimum atomic E-state index is -0.121. The molecule has 0 saturated carbocycles. The van der Waals surface area contributed by atoms with Gasteiger partial charge >= 0.3 is 0 Å². The second-order valence-corrected chi connectivity index (χ2v) is 4.44. The minimum Gasteiger partial charge on any atom is -0.322 e. The van der Waals surface area contributed by atoms with Crippen molar-refractivity contribution < 1.29 is 0 Å². The van der Waals surface area contributed by atoms with Crippen molar-refractivity contribution in [3.8, 4) is 0 Å². The van der Waals surface area contributed by atoms with Crippen LogP contribution in [0.1, 0.15) is 18.9 Å². The van der Waals surface area contributed by atoms with Crippen molar-refractivity contribution in [1.29, 1.82) is 0 Å². The molecule has 0 radical (unpaired) electrons. The van der Waals surface area contributed by atoms with Gasteiger partial charge in [0.05, 0.1) is 0 Å². The SMILES string of the molecule is CN1CCC(n2ccc(=O)[nH]c2=S)CC1. The van der Waals surface area contributed by atoms with Crippen LogP contribution in [0.25, 0.3) is 0 Å². The van der Waals surface area contributed by atoms with Crippen molar-refractivity contribution in [3.05, 3.63) is 27.4 Å². The molecule has 0 aromatic carbocycles. The molecule has 1 aromatic heterocycles. The Balaban J connectivity index is 2.23. The number of aromatic amines is 1. The molecule has 1 aliphatic rings. The normalized spacial score (nSPS) is 19.3. The van der Waals surface area contributed by atoms with Crippen LogP contribution in [0.3, 0.4) is 0 Å². The molecule has 1 N–H and O–H groups in total. The number of rotatable bonds is 1. The topological polar surface area (TPSA) is 41.0 Å². The Hall–Kier alpha value is -0.940. The van der Waals surface area contributed by atoms with Crippen LogP contribution >= 0.6 is 12.2 Å². The van der Waals surface area contributed by atoms with E-state index in [1.807, 2.05) is 4.57 Å². The fourth-order valence-corrected chi connectivity index (χ4v) is 2.30. The van der Waals surface area contributed by atoms with Gasteiger partial charge in [0.15, 0.2) is 4.77 Å². The number of H-pyrrole nitrogens is 1. The first-order chi connectivity index (χ1) is 7.16. The van der Waals surface area contributed by atoms with E-state index in [0.717, 1.165) is 25.9 Å². The molecule has 1 aliphatic heterocycles. The van der Waals surface area contributed by atoms with Gasteiger partial charge in [-0.1, -0.05) is 0 Å². The summed E-state index contributed by atoms with van der Waals surface area (Å²) < 4.78 is 2.54. The standard InChI is InChI=1S/C10H15N3OS/c1-12-5-2-8(3-6-12)13-7-4-9(14)11-10(13)15/h4,7-8H,2-3,5-6H2,1H3,(H,11,14,15). The molecule has 0 aliphatic carbocycles. The summed E-state index contributed by atoms with van der Waals surface area (Å²) in [6.07, 6.45) is 3.99. The van der Waals surface area contributed by atoms with Gasteiger partial charge in [0.25, 0.3) is 5.56 Å². The van der Waals surface area contributed by atoms with Crippen molar-refractivity contribution in [1.82, 2.24) is 14.5 Å². The monoisotopic (exact) mass is 225 g/mol. The number of nitrogens with one attached hydrogen (secondary N) is 1. The lowest BCUT2D eigenvalue weighted by Gasteiger charge is -2.30. The summed E-state index contributed by atoms with van der Waals surface area (Å²) in [5.74, 6) is 0. The summed E-state index contributed by atoms with van der Waals surface area (Å²) in [6.45, 7) is 2.18. The molecule has 4 nitrogen and oxygen atoms in total. The Morgan fingerprint density at radius 2 is 2.13 bits per heavy atom. The van der Waals surface area contributed by atoms with Crippen LogP contribution in [0.4, 0.5) is 0 Å². The van der Waals surface area contributed by atoms with Gasteiger partial charge in [0.1, 0.15) is 0 Å². The third kappa shape index (κ3) is 2.35. The van der Waals surface area contributed by atoms with Crippen LogP contribution in [0.2, 0.25) is 0 Å². The largest absolute Gasteiger partial charge is 0.322 e. The first-order valence-corrected chi connectivity index (χ1v) is 5.57. The van der Waals surface area contributed by atoms with Gasteiger partial charge in [-0.3, -0.25) is 9.78 Å². The second-order valence-electron chi connectivity index (χ2n) is 4.05. The number of nitrogens with zero attached hydrogens (tertiary/aromatic N) is 2. The van der Waals surface area contributed by atoms with Crippen LogP contribution in [-0.2, 0) is 0 Å². The summed E-state index contributed by atoms with van der Waals surface area (Å²) in [5, 5.41) is 0. The van der Waals surface area contributed by atoms with Crippen molar-refractivity contribution in [2.45, 2.75) is 18.9 Å². The Labute approximate surface area is 93.5 Å². The van der Waals surface area contributed by atoms with Gasteiger partial charge in [0.2, 0.25) is 0 Å². The van der Waals surface area contributed by atoms with Crippen molar-refractivity contribution >= 4 is 12.2 Å².